The largest absolute Gasteiger partial charge is 0.485 e. The van der Waals surface area contributed by atoms with Crippen molar-refractivity contribution < 1.29 is 13.9 Å². The molecule has 1 heterocycles. The molecule has 0 aliphatic rings. The second kappa shape index (κ2) is 6.87. The standard InChI is InChI=1S/C18H16N2O3/c1-2-13-3-5-14(6-4-13)17(21)11-22-16-9-7-15(8-10-16)18-20-19-12-23-18/h3-10,12H,2,11H2,1H3. The fourth-order valence-electron chi connectivity index (χ4n) is 2.15. The van der Waals surface area contributed by atoms with Crippen molar-refractivity contribution in [3.8, 4) is 17.2 Å². The average Bonchev–Trinajstić information content (AvgIpc) is 3.15. The highest BCUT2D eigenvalue weighted by Crippen LogP contribution is 2.20. The summed E-state index contributed by atoms with van der Waals surface area (Å²) in [6.45, 7) is 2.09. The Kier molecular flexibility index (Phi) is 4.47. The molecule has 3 aromatic rings. The summed E-state index contributed by atoms with van der Waals surface area (Å²) >= 11 is 0. The molecule has 0 amide bonds. The molecule has 0 unspecified atom stereocenters. The predicted octanol–water partition coefficient (Wildman–Crippen LogP) is 3.56. The summed E-state index contributed by atoms with van der Waals surface area (Å²) in [5, 5.41) is 7.47. The van der Waals surface area contributed by atoms with Gasteiger partial charge in [-0.2, -0.15) is 0 Å². The molecule has 5 heteroatoms. The SMILES string of the molecule is CCc1ccc(C(=O)COc2ccc(-c3nnco3)cc2)cc1. The first kappa shape index (κ1) is 15.0. The Morgan fingerprint density at radius 2 is 1.83 bits per heavy atom. The van der Waals surface area contributed by atoms with Crippen LogP contribution in [-0.4, -0.2) is 22.6 Å². The molecular formula is C18H16N2O3. The summed E-state index contributed by atoms with van der Waals surface area (Å²) in [4.78, 5) is 12.1. The normalized spacial score (nSPS) is 10.5. The van der Waals surface area contributed by atoms with Crippen molar-refractivity contribution in [2.45, 2.75) is 13.3 Å². The number of carbonyl (C=O) groups excluding carboxylic acids is 1. The molecule has 1 aromatic heterocycles. The van der Waals surface area contributed by atoms with E-state index in [1.807, 2.05) is 36.4 Å². The van der Waals surface area contributed by atoms with Crippen LogP contribution in [0, 0.1) is 0 Å². The van der Waals surface area contributed by atoms with Crippen molar-refractivity contribution >= 4 is 5.78 Å². The summed E-state index contributed by atoms with van der Waals surface area (Å²) in [5.41, 5.74) is 2.67. The van der Waals surface area contributed by atoms with Gasteiger partial charge < -0.3 is 9.15 Å². The Morgan fingerprint density at radius 3 is 2.43 bits per heavy atom. The van der Waals surface area contributed by atoms with Gasteiger partial charge >= 0.3 is 0 Å². The van der Waals surface area contributed by atoms with Gasteiger partial charge in [0.15, 0.2) is 12.4 Å². The number of hydrogen-bond acceptors (Lipinski definition) is 5. The molecule has 0 N–H and O–H groups in total. The van der Waals surface area contributed by atoms with Gasteiger partial charge in [-0.3, -0.25) is 4.79 Å². The highest BCUT2D eigenvalue weighted by molar-refractivity contribution is 5.97. The van der Waals surface area contributed by atoms with E-state index in [0.29, 0.717) is 17.2 Å². The van der Waals surface area contributed by atoms with Crippen LogP contribution in [0.4, 0.5) is 0 Å². The summed E-state index contributed by atoms with van der Waals surface area (Å²) in [5.74, 6) is 1.02. The number of aryl methyl sites for hydroxylation is 1. The number of hydrogen-bond donors (Lipinski definition) is 0. The van der Waals surface area contributed by atoms with Crippen LogP contribution in [0.5, 0.6) is 5.75 Å². The Bertz CT molecular complexity index is 763. The summed E-state index contributed by atoms with van der Waals surface area (Å²) in [6, 6.07) is 14.8. The molecule has 23 heavy (non-hydrogen) atoms. The zero-order valence-electron chi connectivity index (χ0n) is 12.7. The van der Waals surface area contributed by atoms with E-state index in [2.05, 4.69) is 17.1 Å². The molecule has 0 radical (unpaired) electrons. The van der Waals surface area contributed by atoms with Crippen LogP contribution in [0.2, 0.25) is 0 Å². The molecule has 116 valence electrons. The maximum absolute atomic E-state index is 12.1. The highest BCUT2D eigenvalue weighted by atomic mass is 16.5. The van der Waals surface area contributed by atoms with E-state index in [0.717, 1.165) is 12.0 Å². The number of ether oxygens (including phenoxy) is 1. The first-order chi connectivity index (χ1) is 11.3. The van der Waals surface area contributed by atoms with E-state index < -0.39 is 0 Å². The number of rotatable bonds is 6. The molecule has 0 fully saturated rings. The third kappa shape index (κ3) is 3.63. The van der Waals surface area contributed by atoms with Gasteiger partial charge in [0, 0.05) is 11.1 Å². The number of aromatic nitrogens is 2. The second-order valence-corrected chi connectivity index (χ2v) is 5.03. The molecule has 0 bridgehead atoms. The number of carbonyl (C=O) groups is 1. The lowest BCUT2D eigenvalue weighted by molar-refractivity contribution is 0.0921. The zero-order valence-corrected chi connectivity index (χ0v) is 12.7. The number of Topliss-reactive ketones (excluding diaryl/α,β-unsaturated/α-hetero) is 1. The summed E-state index contributed by atoms with van der Waals surface area (Å²) < 4.78 is 10.7. The highest BCUT2D eigenvalue weighted by Gasteiger charge is 2.08. The topological polar surface area (TPSA) is 65.2 Å². The smallest absolute Gasteiger partial charge is 0.247 e. The summed E-state index contributed by atoms with van der Waals surface area (Å²) in [6.07, 6.45) is 2.24. The first-order valence-electron chi connectivity index (χ1n) is 7.38. The van der Waals surface area contributed by atoms with Gasteiger partial charge in [-0.05, 0) is 36.2 Å². The van der Waals surface area contributed by atoms with Crippen LogP contribution in [0.15, 0.2) is 59.3 Å². The molecular weight excluding hydrogens is 292 g/mol. The van der Waals surface area contributed by atoms with Crippen LogP contribution >= 0.6 is 0 Å². The average molecular weight is 308 g/mol. The van der Waals surface area contributed by atoms with Gasteiger partial charge in [-0.1, -0.05) is 31.2 Å². The van der Waals surface area contributed by atoms with Crippen LogP contribution in [0.25, 0.3) is 11.5 Å². The van der Waals surface area contributed by atoms with E-state index in [4.69, 9.17) is 9.15 Å². The monoisotopic (exact) mass is 308 g/mol. The molecule has 0 spiro atoms. The van der Waals surface area contributed by atoms with Gasteiger partial charge in [0.05, 0.1) is 0 Å². The van der Waals surface area contributed by atoms with E-state index in [1.165, 1.54) is 12.0 Å². The fourth-order valence-corrected chi connectivity index (χ4v) is 2.15. The Hall–Kier alpha value is -2.95. The van der Waals surface area contributed by atoms with Crippen LogP contribution in [0.1, 0.15) is 22.8 Å². The lowest BCUT2D eigenvalue weighted by Crippen LogP contribution is -2.11. The van der Waals surface area contributed by atoms with Crippen molar-refractivity contribution in [3.05, 3.63) is 66.1 Å². The molecule has 0 saturated carbocycles. The molecule has 2 aromatic carbocycles. The number of ketones is 1. The first-order valence-corrected chi connectivity index (χ1v) is 7.38. The van der Waals surface area contributed by atoms with E-state index in [9.17, 15) is 4.79 Å². The molecule has 0 saturated heterocycles. The van der Waals surface area contributed by atoms with Crippen LogP contribution < -0.4 is 4.74 Å². The van der Waals surface area contributed by atoms with Crippen molar-refractivity contribution in [2.75, 3.05) is 6.61 Å². The fraction of sp³-hybridized carbons (Fsp3) is 0.167. The second-order valence-electron chi connectivity index (χ2n) is 5.03. The molecule has 3 rings (SSSR count). The third-order valence-corrected chi connectivity index (χ3v) is 3.52. The molecule has 5 nitrogen and oxygen atoms in total. The predicted molar refractivity (Wildman–Crippen MR) is 85.4 cm³/mol. The minimum absolute atomic E-state index is 0.00533. The van der Waals surface area contributed by atoms with Crippen molar-refractivity contribution in [3.63, 3.8) is 0 Å². The van der Waals surface area contributed by atoms with Gasteiger partial charge in [-0.25, -0.2) is 0 Å². The maximum Gasteiger partial charge on any atom is 0.247 e. The molecule has 0 aliphatic carbocycles. The molecule has 0 atom stereocenters. The van der Waals surface area contributed by atoms with E-state index >= 15 is 0 Å². The minimum Gasteiger partial charge on any atom is -0.485 e. The Labute approximate surface area is 133 Å². The van der Waals surface area contributed by atoms with Crippen molar-refractivity contribution in [2.24, 2.45) is 0 Å². The minimum atomic E-state index is -0.0476. The number of nitrogens with zero attached hydrogens (tertiary/aromatic N) is 2. The van der Waals surface area contributed by atoms with E-state index in [-0.39, 0.29) is 12.4 Å². The zero-order chi connectivity index (χ0) is 16.1. The van der Waals surface area contributed by atoms with Gasteiger partial charge in [0.1, 0.15) is 5.75 Å². The lowest BCUT2D eigenvalue weighted by atomic mass is 10.1. The molecule has 0 aliphatic heterocycles. The third-order valence-electron chi connectivity index (χ3n) is 3.52. The summed E-state index contributed by atoms with van der Waals surface area (Å²) in [7, 11) is 0. The van der Waals surface area contributed by atoms with Crippen molar-refractivity contribution in [1.29, 1.82) is 0 Å². The van der Waals surface area contributed by atoms with Gasteiger partial charge in [0.25, 0.3) is 0 Å². The maximum atomic E-state index is 12.1. The van der Waals surface area contributed by atoms with E-state index in [1.54, 1.807) is 12.1 Å². The van der Waals surface area contributed by atoms with Crippen LogP contribution in [-0.2, 0) is 6.42 Å². The lowest BCUT2D eigenvalue weighted by Gasteiger charge is -2.06. The number of benzene rings is 2. The Morgan fingerprint density at radius 1 is 1.09 bits per heavy atom. The van der Waals surface area contributed by atoms with Crippen LogP contribution in [0.3, 0.4) is 0 Å². The quantitative estimate of drug-likeness (QED) is 0.651. The van der Waals surface area contributed by atoms with Gasteiger partial charge in [-0.15, -0.1) is 10.2 Å². The van der Waals surface area contributed by atoms with Gasteiger partial charge in [0.2, 0.25) is 12.3 Å². The van der Waals surface area contributed by atoms with Crippen molar-refractivity contribution in [1.82, 2.24) is 10.2 Å². The Balaban J connectivity index is 1.60.